The van der Waals surface area contributed by atoms with Crippen molar-refractivity contribution in [3.63, 3.8) is 0 Å². The Balaban J connectivity index is 2.26. The number of benzene rings is 2. The number of rotatable bonds is 3. The van der Waals surface area contributed by atoms with E-state index in [-0.39, 0.29) is 10.5 Å². The fourth-order valence-electron chi connectivity index (χ4n) is 2.31. The number of fused-ring (bicyclic) bond motifs is 1. The summed E-state index contributed by atoms with van der Waals surface area (Å²) in [6.07, 6.45) is 0. The molecule has 3 aromatic rings. The number of hydrogen-bond donors (Lipinski definition) is 0. The van der Waals surface area contributed by atoms with Crippen LogP contribution in [-0.4, -0.2) is 15.5 Å². The molecule has 0 atom stereocenters. The monoisotopic (exact) mass is 364 g/mol. The minimum Gasteiger partial charge on any atom is -0.493 e. The Morgan fingerprint density at radius 1 is 1.12 bits per heavy atom. The van der Waals surface area contributed by atoms with Crippen molar-refractivity contribution in [2.24, 2.45) is 0 Å². The summed E-state index contributed by atoms with van der Waals surface area (Å²) in [6.45, 7) is 1.76. The van der Waals surface area contributed by atoms with Crippen molar-refractivity contribution in [2.45, 2.75) is 16.7 Å². The molecule has 1 heterocycles. The van der Waals surface area contributed by atoms with Crippen molar-refractivity contribution in [1.29, 1.82) is 0 Å². The molecule has 0 spiro atoms. The van der Waals surface area contributed by atoms with E-state index in [0.717, 1.165) is 5.56 Å². The molecule has 0 amide bonds. The summed E-state index contributed by atoms with van der Waals surface area (Å²) in [5.74, 6) is 0.354. The topological polar surface area (TPSA) is 73.6 Å². The molecular weight excluding hydrogens is 352 g/mol. The summed E-state index contributed by atoms with van der Waals surface area (Å²) in [5.41, 5.74) is -0.0134. The Kier molecular flexibility index (Phi) is 4.11. The van der Waals surface area contributed by atoms with E-state index >= 15 is 0 Å². The van der Waals surface area contributed by atoms with E-state index in [1.165, 1.54) is 25.3 Å². The summed E-state index contributed by atoms with van der Waals surface area (Å²) in [6, 6.07) is 10.5. The summed E-state index contributed by atoms with van der Waals surface area (Å²) >= 11 is 6.00. The van der Waals surface area contributed by atoms with E-state index in [0.29, 0.717) is 16.2 Å². The van der Waals surface area contributed by atoms with Crippen LogP contribution < -0.4 is 10.4 Å². The first-order chi connectivity index (χ1) is 11.3. The summed E-state index contributed by atoms with van der Waals surface area (Å²) in [7, 11) is -2.61. The van der Waals surface area contributed by atoms with E-state index in [2.05, 4.69) is 0 Å². The van der Waals surface area contributed by atoms with Crippen molar-refractivity contribution in [2.75, 3.05) is 7.11 Å². The molecule has 0 bridgehead atoms. The maximum atomic E-state index is 12.8. The van der Waals surface area contributed by atoms with Gasteiger partial charge in [0.2, 0.25) is 9.84 Å². The Morgan fingerprint density at radius 2 is 1.88 bits per heavy atom. The second-order valence-corrected chi connectivity index (χ2v) is 7.52. The van der Waals surface area contributed by atoms with Crippen LogP contribution in [-0.2, 0) is 9.84 Å². The molecule has 0 radical (unpaired) electrons. The quantitative estimate of drug-likeness (QED) is 0.664. The highest BCUT2D eigenvalue weighted by Gasteiger charge is 2.24. The van der Waals surface area contributed by atoms with Crippen molar-refractivity contribution >= 4 is 32.4 Å². The van der Waals surface area contributed by atoms with Crippen LogP contribution in [0, 0.1) is 6.92 Å². The number of methoxy groups -OCH3 is 1. The molecule has 124 valence electrons. The largest absolute Gasteiger partial charge is 0.493 e. The maximum absolute atomic E-state index is 12.8. The molecule has 0 unspecified atom stereocenters. The molecule has 1 aromatic heterocycles. The highest BCUT2D eigenvalue weighted by atomic mass is 35.5. The second kappa shape index (κ2) is 5.96. The molecule has 0 saturated carbocycles. The zero-order valence-electron chi connectivity index (χ0n) is 12.9. The van der Waals surface area contributed by atoms with Crippen molar-refractivity contribution in [3.8, 4) is 5.75 Å². The van der Waals surface area contributed by atoms with Gasteiger partial charge in [0, 0.05) is 10.4 Å². The highest BCUT2D eigenvalue weighted by molar-refractivity contribution is 7.91. The van der Waals surface area contributed by atoms with Gasteiger partial charge in [0.1, 0.15) is 0 Å². The van der Waals surface area contributed by atoms with Gasteiger partial charge in [-0.15, -0.1) is 0 Å². The van der Waals surface area contributed by atoms with Gasteiger partial charge in [-0.1, -0.05) is 29.8 Å². The summed E-state index contributed by atoms with van der Waals surface area (Å²) in [5, 5.41) is 0.758. The molecule has 3 rings (SSSR count). The van der Waals surface area contributed by atoms with Gasteiger partial charge in [-0.05, 0) is 36.8 Å². The predicted molar refractivity (Wildman–Crippen MR) is 90.7 cm³/mol. The molecular formula is C17H13ClO5S. The Labute approximate surface area is 143 Å². The minimum absolute atomic E-state index is 0.0624. The van der Waals surface area contributed by atoms with Crippen LogP contribution in [0.25, 0.3) is 11.0 Å². The van der Waals surface area contributed by atoms with E-state index < -0.39 is 20.4 Å². The fourth-order valence-corrected chi connectivity index (χ4v) is 3.88. The van der Waals surface area contributed by atoms with Gasteiger partial charge >= 0.3 is 5.63 Å². The van der Waals surface area contributed by atoms with Crippen molar-refractivity contribution in [3.05, 3.63) is 63.5 Å². The number of sulfone groups is 1. The third kappa shape index (κ3) is 2.68. The molecule has 0 saturated heterocycles. The average Bonchev–Trinajstić information content (AvgIpc) is 2.56. The molecule has 0 aliphatic carbocycles. The van der Waals surface area contributed by atoms with Crippen molar-refractivity contribution < 1.29 is 17.6 Å². The van der Waals surface area contributed by atoms with Gasteiger partial charge in [0.05, 0.1) is 12.0 Å². The number of para-hydroxylation sites is 1. The lowest BCUT2D eigenvalue weighted by atomic mass is 10.2. The lowest BCUT2D eigenvalue weighted by molar-refractivity contribution is 0.405. The molecule has 24 heavy (non-hydrogen) atoms. The maximum Gasteiger partial charge on any atom is 0.355 e. The first-order valence-electron chi connectivity index (χ1n) is 6.96. The zero-order chi connectivity index (χ0) is 17.5. The number of hydrogen-bond acceptors (Lipinski definition) is 5. The molecule has 5 nitrogen and oxygen atoms in total. The molecule has 0 fully saturated rings. The van der Waals surface area contributed by atoms with Crippen LogP contribution in [0.5, 0.6) is 5.75 Å². The average molecular weight is 365 g/mol. The summed E-state index contributed by atoms with van der Waals surface area (Å²) in [4.78, 5) is 11.7. The lowest BCUT2D eigenvalue weighted by Crippen LogP contribution is -2.14. The molecule has 0 N–H and O–H groups in total. The van der Waals surface area contributed by atoms with Gasteiger partial charge in [-0.25, -0.2) is 13.2 Å². The SMILES string of the molecule is COc1cccc2cc(S(=O)(=O)c3ccc(C)c(Cl)c3)c(=O)oc12. The molecule has 2 aromatic carbocycles. The zero-order valence-corrected chi connectivity index (χ0v) is 14.4. The first kappa shape index (κ1) is 16.5. The minimum atomic E-state index is -4.05. The Hall–Kier alpha value is -2.31. The third-order valence-corrected chi connectivity index (χ3v) is 5.80. The van der Waals surface area contributed by atoms with Gasteiger partial charge in [-0.3, -0.25) is 0 Å². The summed E-state index contributed by atoms with van der Waals surface area (Å²) < 4.78 is 35.8. The van der Waals surface area contributed by atoms with Crippen LogP contribution >= 0.6 is 11.6 Å². The van der Waals surface area contributed by atoms with Crippen LogP contribution in [0.3, 0.4) is 0 Å². The smallest absolute Gasteiger partial charge is 0.355 e. The molecule has 0 aliphatic rings. The van der Waals surface area contributed by atoms with Gasteiger partial charge < -0.3 is 9.15 Å². The third-order valence-electron chi connectivity index (χ3n) is 3.65. The number of ether oxygens (including phenoxy) is 1. The number of aryl methyl sites for hydroxylation is 1. The van der Waals surface area contributed by atoms with E-state index in [1.807, 2.05) is 0 Å². The Bertz CT molecular complexity index is 1100. The lowest BCUT2D eigenvalue weighted by Gasteiger charge is -2.08. The normalized spacial score (nSPS) is 11.6. The van der Waals surface area contributed by atoms with Gasteiger partial charge in [0.25, 0.3) is 0 Å². The van der Waals surface area contributed by atoms with Crippen LogP contribution in [0.2, 0.25) is 5.02 Å². The van der Waals surface area contributed by atoms with Gasteiger partial charge in [0.15, 0.2) is 16.2 Å². The van der Waals surface area contributed by atoms with E-state index in [4.69, 9.17) is 20.8 Å². The standard InChI is InChI=1S/C17H13ClO5S/c1-10-6-7-12(9-13(10)18)24(20,21)15-8-11-4-3-5-14(22-2)16(11)23-17(15)19/h3-9H,1-2H3. The van der Waals surface area contributed by atoms with Gasteiger partial charge in [-0.2, -0.15) is 0 Å². The number of halogens is 1. The van der Waals surface area contributed by atoms with Crippen LogP contribution in [0.1, 0.15) is 5.56 Å². The van der Waals surface area contributed by atoms with Crippen LogP contribution in [0.15, 0.2) is 61.5 Å². The van der Waals surface area contributed by atoms with E-state index in [9.17, 15) is 13.2 Å². The van der Waals surface area contributed by atoms with Crippen LogP contribution in [0.4, 0.5) is 0 Å². The molecule has 0 aliphatic heterocycles. The Morgan fingerprint density at radius 3 is 2.54 bits per heavy atom. The predicted octanol–water partition coefficient (Wildman–Crippen LogP) is 3.60. The highest BCUT2D eigenvalue weighted by Crippen LogP contribution is 2.28. The first-order valence-corrected chi connectivity index (χ1v) is 8.83. The fraction of sp³-hybridized carbons (Fsp3) is 0.118. The van der Waals surface area contributed by atoms with E-state index in [1.54, 1.807) is 31.2 Å². The molecule has 7 heteroatoms. The second-order valence-electron chi connectivity index (χ2n) is 5.19. The van der Waals surface area contributed by atoms with Crippen molar-refractivity contribution in [1.82, 2.24) is 0 Å².